The minimum absolute atomic E-state index is 0.0164. The molecular weight excluding hydrogens is 1670 g/mol. The average Bonchev–Trinajstić information content (AvgIpc) is 0.858. The number of hydrogen-bond donors (Lipinski definition) is 6. The molecule has 12 aromatic rings. The van der Waals surface area contributed by atoms with E-state index in [1.807, 2.05) is 0 Å². The number of aldehydes is 6. The van der Waals surface area contributed by atoms with E-state index in [1.165, 1.54) is 116 Å². The molecule has 0 saturated heterocycles. The van der Waals surface area contributed by atoms with Gasteiger partial charge in [-0.05, 0) is 126 Å². The van der Waals surface area contributed by atoms with E-state index in [1.54, 1.807) is 146 Å². The van der Waals surface area contributed by atoms with Crippen LogP contribution in [0.4, 0.5) is 0 Å². The number of phenolic OH excluding ortho intramolecular Hbond substituents is 4. The lowest BCUT2D eigenvalue weighted by atomic mass is 10.1. The predicted octanol–water partition coefficient (Wildman–Crippen LogP) is 11.4. The maximum atomic E-state index is 11.6. The number of methoxy groups -OCH3 is 6. The molecule has 0 amide bonds. The standard InChI is InChI=1S/2C16H15NO5.4C15H13NO5/c1-21-16(20)14-4-2-12(7-17-14)10-22-15-5-3-11(8-18)6-13(15)9-19;1-21-16(20)13-5-12(6-17-7-13)10-22-15-3-2-11(8-18)4-14(15)9-19;1-20-15(19)14-10(4-3-7-16-14)9-21-13-6-2-5-12(18)11(13)8-17;1-20-15(19)12-5-2-4-10(16-12)9-21-14-7-3-6-13(18)11(14)8-17;1-20-15(19)11-5-10(6-16-7-11)9-21-14-4-2-3-13(18)12(14)8-17;1-20-15(19)12-6-5-10(7-16-12)9-21-14-4-2-3-13(18)11(14)8-17/h2*2-7,9,18H,8,10H2,1H3;4*2-8,18H,9H2,1H3. The van der Waals surface area contributed by atoms with Crippen molar-refractivity contribution >= 4 is 73.5 Å². The van der Waals surface area contributed by atoms with Crippen LogP contribution in [-0.2, 0) is 81.3 Å². The van der Waals surface area contributed by atoms with Crippen LogP contribution in [0.15, 0.2) is 219 Å². The topological polar surface area (TPSA) is 514 Å². The molecular formula is C92H82N6O30. The van der Waals surface area contributed by atoms with Crippen LogP contribution in [0, 0.1) is 0 Å². The van der Waals surface area contributed by atoms with Crippen LogP contribution in [0.25, 0.3) is 0 Å². The monoisotopic (exact) mass is 1750 g/mol. The van der Waals surface area contributed by atoms with Crippen molar-refractivity contribution in [3.05, 3.63) is 331 Å². The Morgan fingerprint density at radius 3 is 1.02 bits per heavy atom. The summed E-state index contributed by atoms with van der Waals surface area (Å²) in [5.41, 5.74) is 7.44. The fourth-order valence-corrected chi connectivity index (χ4v) is 10.6. The molecule has 0 atom stereocenters. The van der Waals surface area contributed by atoms with E-state index in [-0.39, 0.29) is 144 Å². The van der Waals surface area contributed by atoms with Gasteiger partial charge < -0.3 is 87.5 Å². The van der Waals surface area contributed by atoms with Crippen LogP contribution < -0.4 is 28.4 Å². The summed E-state index contributed by atoms with van der Waals surface area (Å²) in [5, 5.41) is 56.3. The van der Waals surface area contributed by atoms with Gasteiger partial charge in [-0.15, -0.1) is 0 Å². The second-order valence-electron chi connectivity index (χ2n) is 25.5. The minimum Gasteiger partial charge on any atom is -0.507 e. The van der Waals surface area contributed by atoms with E-state index >= 15 is 0 Å². The van der Waals surface area contributed by atoms with Crippen molar-refractivity contribution in [3.8, 4) is 57.5 Å². The maximum absolute atomic E-state index is 11.6. The molecule has 0 saturated carbocycles. The lowest BCUT2D eigenvalue weighted by Gasteiger charge is -2.11. The Labute approximate surface area is 729 Å². The highest BCUT2D eigenvalue weighted by molar-refractivity contribution is 5.92. The van der Waals surface area contributed by atoms with Crippen LogP contribution in [0.5, 0.6) is 57.5 Å². The van der Waals surface area contributed by atoms with E-state index in [0.29, 0.717) is 111 Å². The van der Waals surface area contributed by atoms with Crippen LogP contribution in [0.1, 0.15) is 169 Å². The number of aliphatic hydroxyl groups is 2. The number of rotatable bonds is 32. The Morgan fingerprint density at radius 2 is 0.656 bits per heavy atom. The number of carbonyl (C=O) groups is 12. The molecule has 0 aliphatic carbocycles. The number of aromatic hydroxyl groups is 4. The quantitative estimate of drug-likeness (QED) is 0.0130. The largest absolute Gasteiger partial charge is 0.507 e. The fourth-order valence-electron chi connectivity index (χ4n) is 10.6. The number of aromatic nitrogens is 6. The molecule has 0 fully saturated rings. The van der Waals surface area contributed by atoms with Crippen molar-refractivity contribution < 1.29 is 145 Å². The van der Waals surface area contributed by atoms with Crippen molar-refractivity contribution in [2.24, 2.45) is 0 Å². The first kappa shape index (κ1) is 98.1. The van der Waals surface area contributed by atoms with E-state index in [9.17, 15) is 78.0 Å². The first-order chi connectivity index (χ1) is 62.0. The van der Waals surface area contributed by atoms with Crippen molar-refractivity contribution in [3.63, 3.8) is 0 Å². The molecule has 0 spiro atoms. The van der Waals surface area contributed by atoms with Gasteiger partial charge in [-0.3, -0.25) is 38.7 Å². The summed E-state index contributed by atoms with van der Waals surface area (Å²) in [6.45, 7) is 0.385. The molecule has 0 radical (unpaired) electrons. The Morgan fingerprint density at radius 1 is 0.305 bits per heavy atom. The lowest BCUT2D eigenvalue weighted by molar-refractivity contribution is 0.0582. The second-order valence-corrected chi connectivity index (χ2v) is 25.5. The normalized spacial score (nSPS) is 10.0. The van der Waals surface area contributed by atoms with Crippen LogP contribution in [0.2, 0.25) is 0 Å². The van der Waals surface area contributed by atoms with Crippen molar-refractivity contribution in [1.29, 1.82) is 0 Å². The average molecular weight is 1750 g/mol. The number of aliphatic hydroxyl groups excluding tert-OH is 2. The molecule has 0 bridgehead atoms. The lowest BCUT2D eigenvalue weighted by Crippen LogP contribution is -2.10. The number of ether oxygens (including phenoxy) is 12. The SMILES string of the molecule is COC(=O)c1ccc(COc2ccc(CO)cc2C=O)cn1.COC(=O)c1ccc(COc2cccc(O)c2C=O)cn1.COC(=O)c1cccc(COc2cccc(O)c2C=O)n1.COC(=O)c1cncc(COc2ccc(CO)cc2C=O)c1.COC(=O)c1cncc(COc2cccc(O)c2C=O)c1.COC(=O)c1ncccc1COc1cccc(O)c1C=O. The van der Waals surface area contributed by atoms with E-state index < -0.39 is 35.8 Å². The van der Waals surface area contributed by atoms with Crippen molar-refractivity contribution in [1.82, 2.24) is 29.9 Å². The van der Waals surface area contributed by atoms with Gasteiger partial charge in [-0.2, -0.15) is 0 Å². The summed E-state index contributed by atoms with van der Waals surface area (Å²) in [4.78, 5) is 158. The van der Waals surface area contributed by atoms with Crippen LogP contribution in [-0.4, -0.2) is 177 Å². The number of hydrogen-bond acceptors (Lipinski definition) is 36. The Kier molecular flexibility index (Phi) is 39.6. The van der Waals surface area contributed by atoms with Gasteiger partial charge in [0.1, 0.15) is 114 Å². The number of phenols is 4. The molecule has 6 aromatic heterocycles. The van der Waals surface area contributed by atoms with Crippen LogP contribution >= 0.6 is 0 Å². The smallest absolute Gasteiger partial charge is 0.357 e. The third-order valence-electron chi connectivity index (χ3n) is 17.1. The summed E-state index contributed by atoms with van der Waals surface area (Å²) in [7, 11) is 7.69. The first-order valence-corrected chi connectivity index (χ1v) is 37.4. The molecule has 0 unspecified atom stereocenters. The third kappa shape index (κ3) is 29.4. The van der Waals surface area contributed by atoms with Crippen LogP contribution in [0.3, 0.4) is 0 Å². The minimum atomic E-state index is -0.569. The van der Waals surface area contributed by atoms with Gasteiger partial charge in [-0.1, -0.05) is 60.7 Å². The Bertz CT molecular complexity index is 5720. The van der Waals surface area contributed by atoms with Crippen molar-refractivity contribution in [2.45, 2.75) is 52.9 Å². The van der Waals surface area contributed by atoms with Gasteiger partial charge in [0.25, 0.3) is 0 Å². The molecule has 0 aliphatic rings. The number of nitrogens with zero attached hydrogens (tertiary/aromatic N) is 6. The number of esters is 6. The Hall–Kier alpha value is -17.0. The molecule has 128 heavy (non-hydrogen) atoms. The zero-order valence-electron chi connectivity index (χ0n) is 69.1. The number of benzene rings is 6. The van der Waals surface area contributed by atoms with Gasteiger partial charge in [-0.25, -0.2) is 48.7 Å². The van der Waals surface area contributed by atoms with E-state index in [2.05, 4.69) is 58.3 Å². The first-order valence-electron chi connectivity index (χ1n) is 37.4. The molecule has 36 nitrogen and oxygen atoms in total. The zero-order valence-corrected chi connectivity index (χ0v) is 69.1. The second kappa shape index (κ2) is 51.7. The molecule has 36 heteroatoms. The summed E-state index contributed by atoms with van der Waals surface area (Å²) >= 11 is 0. The summed E-state index contributed by atoms with van der Waals surface area (Å²) in [6, 6.07) is 45.7. The predicted molar refractivity (Wildman–Crippen MR) is 449 cm³/mol. The number of pyridine rings is 6. The zero-order chi connectivity index (χ0) is 92.9. The summed E-state index contributed by atoms with van der Waals surface area (Å²) in [5.74, 6) is -1.87. The number of carbonyl (C=O) groups excluding carboxylic acids is 12. The van der Waals surface area contributed by atoms with E-state index in [0.717, 1.165) is 5.56 Å². The van der Waals surface area contributed by atoms with Gasteiger partial charge in [0, 0.05) is 71.2 Å². The summed E-state index contributed by atoms with van der Waals surface area (Å²) < 4.78 is 60.6. The van der Waals surface area contributed by atoms with Gasteiger partial charge in [0.05, 0.1) is 106 Å². The molecule has 6 aromatic carbocycles. The molecule has 6 heterocycles. The third-order valence-corrected chi connectivity index (χ3v) is 17.1. The highest BCUT2D eigenvalue weighted by Gasteiger charge is 2.19. The molecule has 660 valence electrons. The highest BCUT2D eigenvalue weighted by atomic mass is 16.5. The van der Waals surface area contributed by atoms with Gasteiger partial charge in [0.2, 0.25) is 0 Å². The van der Waals surface area contributed by atoms with Gasteiger partial charge in [0.15, 0.2) is 43.4 Å². The Balaban J connectivity index is 0.000000210. The van der Waals surface area contributed by atoms with E-state index in [4.69, 9.17) is 38.6 Å². The summed E-state index contributed by atoms with van der Waals surface area (Å²) in [6.07, 6.45) is 13.8. The fraction of sp³-hybridized carbons (Fsp3) is 0.152. The maximum Gasteiger partial charge on any atom is 0.357 e. The van der Waals surface area contributed by atoms with Gasteiger partial charge >= 0.3 is 35.8 Å². The highest BCUT2D eigenvalue weighted by Crippen LogP contribution is 2.31. The van der Waals surface area contributed by atoms with Crippen molar-refractivity contribution in [2.75, 3.05) is 42.7 Å². The molecule has 12 rings (SSSR count). The molecule has 0 aliphatic heterocycles. The molecule has 6 N–H and O–H groups in total.